The Balaban J connectivity index is 2.89. The number of rotatable bonds is 3. The summed E-state index contributed by atoms with van der Waals surface area (Å²) in [6.45, 7) is 3.70. The van der Waals surface area contributed by atoms with E-state index in [4.69, 9.17) is 18.9 Å². The van der Waals surface area contributed by atoms with Crippen LogP contribution in [0.4, 0.5) is 0 Å². The molecule has 0 N–H and O–H groups in total. The van der Waals surface area contributed by atoms with Crippen LogP contribution in [0.2, 0.25) is 0 Å². The molecular formula is C11H15BrO7. The topological polar surface area (TPSA) is 88.1 Å². The van der Waals surface area contributed by atoms with Gasteiger partial charge in [0.15, 0.2) is 23.3 Å². The number of carbonyl (C=O) groups is 3. The van der Waals surface area contributed by atoms with Crippen LogP contribution >= 0.6 is 15.9 Å². The average Bonchev–Trinajstić information content (AvgIpc) is 2.25. The number of halogens is 1. The molecule has 1 aliphatic heterocycles. The number of hydrogen-bond acceptors (Lipinski definition) is 7. The predicted octanol–water partition coefficient (Wildman–Crippen LogP) is 0.533. The molecule has 4 atom stereocenters. The summed E-state index contributed by atoms with van der Waals surface area (Å²) in [4.78, 5) is 33.2. The van der Waals surface area contributed by atoms with Crippen LogP contribution in [0.3, 0.4) is 0 Å². The third-order valence-corrected chi connectivity index (χ3v) is 3.08. The minimum absolute atomic E-state index is 0.0329. The summed E-state index contributed by atoms with van der Waals surface area (Å²) in [7, 11) is 0. The van der Waals surface area contributed by atoms with E-state index in [2.05, 4.69) is 15.9 Å². The van der Waals surface area contributed by atoms with Crippen LogP contribution in [-0.4, -0.2) is 47.8 Å². The maximum absolute atomic E-state index is 11.1. The van der Waals surface area contributed by atoms with Crippen molar-refractivity contribution in [3.05, 3.63) is 0 Å². The lowest BCUT2D eigenvalue weighted by atomic mass is 10.1. The largest absolute Gasteiger partial charge is 0.456 e. The molecule has 0 aromatic rings. The van der Waals surface area contributed by atoms with Gasteiger partial charge < -0.3 is 18.9 Å². The van der Waals surface area contributed by atoms with Crippen LogP contribution in [0.5, 0.6) is 0 Å². The molecule has 1 fully saturated rings. The summed E-state index contributed by atoms with van der Waals surface area (Å²) in [5, 5.41) is -0.646. The predicted molar refractivity (Wildman–Crippen MR) is 65.3 cm³/mol. The van der Waals surface area contributed by atoms with E-state index in [9.17, 15) is 14.4 Å². The molecule has 0 aromatic carbocycles. The Labute approximate surface area is 118 Å². The van der Waals surface area contributed by atoms with Crippen molar-refractivity contribution in [2.24, 2.45) is 0 Å². The molecule has 8 heteroatoms. The smallest absolute Gasteiger partial charge is 0.303 e. The van der Waals surface area contributed by atoms with Gasteiger partial charge in [-0.3, -0.25) is 14.4 Å². The molecule has 0 aromatic heterocycles. The number of alkyl halides is 1. The van der Waals surface area contributed by atoms with Gasteiger partial charge in [-0.05, 0) is 0 Å². The normalized spacial score (nSPS) is 30.3. The Hall–Kier alpha value is -1.15. The van der Waals surface area contributed by atoms with Gasteiger partial charge in [0.1, 0.15) is 0 Å². The van der Waals surface area contributed by atoms with Crippen molar-refractivity contribution < 1.29 is 33.3 Å². The highest BCUT2D eigenvalue weighted by Crippen LogP contribution is 2.27. The molecule has 0 bridgehead atoms. The van der Waals surface area contributed by atoms with E-state index in [0.29, 0.717) is 0 Å². The third kappa shape index (κ3) is 4.79. The summed E-state index contributed by atoms with van der Waals surface area (Å²) in [5.74, 6) is -1.67. The van der Waals surface area contributed by atoms with Gasteiger partial charge in [0.05, 0.1) is 6.61 Å². The van der Waals surface area contributed by atoms with E-state index in [-0.39, 0.29) is 6.61 Å². The van der Waals surface area contributed by atoms with Gasteiger partial charge in [0.25, 0.3) is 0 Å². The highest BCUT2D eigenvalue weighted by Gasteiger charge is 2.45. The van der Waals surface area contributed by atoms with Gasteiger partial charge in [-0.25, -0.2) is 0 Å². The fourth-order valence-corrected chi connectivity index (χ4v) is 2.26. The molecule has 0 saturated carbocycles. The Bertz CT molecular complexity index is 370. The minimum Gasteiger partial charge on any atom is -0.456 e. The molecule has 0 radical (unpaired) electrons. The fraction of sp³-hybridized carbons (Fsp3) is 0.727. The minimum atomic E-state index is -0.913. The quantitative estimate of drug-likeness (QED) is 0.421. The second-order valence-corrected chi connectivity index (χ2v) is 4.88. The van der Waals surface area contributed by atoms with Gasteiger partial charge in [0, 0.05) is 20.8 Å². The zero-order valence-corrected chi connectivity index (χ0v) is 12.3. The molecule has 0 unspecified atom stereocenters. The third-order valence-electron chi connectivity index (χ3n) is 2.29. The zero-order chi connectivity index (χ0) is 14.6. The van der Waals surface area contributed by atoms with Crippen molar-refractivity contribution in [1.29, 1.82) is 0 Å². The Kier molecular flexibility index (Phi) is 5.74. The highest BCUT2D eigenvalue weighted by molar-refractivity contribution is 9.09. The van der Waals surface area contributed by atoms with Crippen LogP contribution in [0.25, 0.3) is 0 Å². The summed E-state index contributed by atoms with van der Waals surface area (Å²) < 4.78 is 20.4. The molecule has 1 saturated heterocycles. The van der Waals surface area contributed by atoms with Crippen LogP contribution in [-0.2, 0) is 33.3 Å². The maximum atomic E-state index is 11.1. The molecule has 19 heavy (non-hydrogen) atoms. The van der Waals surface area contributed by atoms with Crippen molar-refractivity contribution in [2.75, 3.05) is 6.61 Å². The molecule has 0 aliphatic carbocycles. The Morgan fingerprint density at radius 2 is 1.42 bits per heavy atom. The van der Waals surface area contributed by atoms with E-state index in [1.165, 1.54) is 20.8 Å². The van der Waals surface area contributed by atoms with Crippen molar-refractivity contribution in [2.45, 2.75) is 44.1 Å². The second-order valence-electron chi connectivity index (χ2n) is 3.98. The lowest BCUT2D eigenvalue weighted by Gasteiger charge is -2.38. The first kappa shape index (κ1) is 15.9. The van der Waals surface area contributed by atoms with Crippen LogP contribution in [0, 0.1) is 0 Å². The van der Waals surface area contributed by atoms with E-state index in [0.717, 1.165) is 0 Å². The summed E-state index contributed by atoms with van der Waals surface area (Å²) >= 11 is 3.18. The molecule has 1 heterocycles. The summed E-state index contributed by atoms with van der Waals surface area (Å²) in [5.41, 5.74) is 0. The van der Waals surface area contributed by atoms with Gasteiger partial charge in [-0.1, -0.05) is 15.9 Å². The molecule has 108 valence electrons. The first-order valence-electron chi connectivity index (χ1n) is 5.58. The molecule has 7 nitrogen and oxygen atoms in total. The average molecular weight is 339 g/mol. The second kappa shape index (κ2) is 6.85. The van der Waals surface area contributed by atoms with Crippen LogP contribution < -0.4 is 0 Å². The van der Waals surface area contributed by atoms with Crippen LogP contribution in [0.1, 0.15) is 20.8 Å². The SMILES string of the molecule is CC(=O)O[C@H]1[C@H](OC(C)=O)[C@H](OC(C)=O)CO[C@H]1Br. The number of ether oxygens (including phenoxy) is 4. The van der Waals surface area contributed by atoms with Gasteiger partial charge in [-0.2, -0.15) is 0 Å². The molecular weight excluding hydrogens is 324 g/mol. The first-order valence-corrected chi connectivity index (χ1v) is 6.50. The molecule has 0 amide bonds. The highest BCUT2D eigenvalue weighted by atomic mass is 79.9. The zero-order valence-electron chi connectivity index (χ0n) is 10.8. The monoisotopic (exact) mass is 338 g/mol. The van der Waals surface area contributed by atoms with E-state index in [1.807, 2.05) is 0 Å². The van der Waals surface area contributed by atoms with Gasteiger partial charge >= 0.3 is 17.9 Å². The van der Waals surface area contributed by atoms with Crippen LogP contribution in [0.15, 0.2) is 0 Å². The van der Waals surface area contributed by atoms with E-state index in [1.54, 1.807) is 0 Å². The van der Waals surface area contributed by atoms with Gasteiger partial charge in [0.2, 0.25) is 0 Å². The Morgan fingerprint density at radius 3 is 1.89 bits per heavy atom. The van der Waals surface area contributed by atoms with Crippen molar-refractivity contribution in [3.8, 4) is 0 Å². The lowest BCUT2D eigenvalue weighted by molar-refractivity contribution is -0.212. The molecule has 1 aliphatic rings. The van der Waals surface area contributed by atoms with E-state index < -0.39 is 41.2 Å². The maximum Gasteiger partial charge on any atom is 0.303 e. The van der Waals surface area contributed by atoms with Crippen molar-refractivity contribution in [3.63, 3.8) is 0 Å². The number of hydrogen-bond donors (Lipinski definition) is 0. The van der Waals surface area contributed by atoms with Crippen molar-refractivity contribution >= 4 is 33.8 Å². The first-order chi connectivity index (χ1) is 8.81. The summed E-state index contributed by atoms with van der Waals surface area (Å²) in [6, 6.07) is 0. The standard InChI is InChI=1S/C11H15BrO7/c1-5(13)17-8-4-16-11(12)10(19-7(3)15)9(8)18-6(2)14/h8-11H,4H2,1-3H3/t8-,9-,10+,11-/m1/s1. The van der Waals surface area contributed by atoms with Gasteiger partial charge in [-0.15, -0.1) is 0 Å². The fourth-order valence-electron chi connectivity index (χ4n) is 1.70. The molecule has 0 spiro atoms. The molecule has 1 rings (SSSR count). The van der Waals surface area contributed by atoms with Crippen molar-refractivity contribution in [1.82, 2.24) is 0 Å². The lowest BCUT2D eigenvalue weighted by Crippen LogP contribution is -2.55. The number of esters is 3. The number of carbonyl (C=O) groups excluding carboxylic acids is 3. The van der Waals surface area contributed by atoms with E-state index >= 15 is 0 Å². The Morgan fingerprint density at radius 1 is 0.947 bits per heavy atom. The summed E-state index contributed by atoms with van der Waals surface area (Å²) in [6.07, 6.45) is -2.62.